The van der Waals surface area contributed by atoms with Crippen molar-refractivity contribution in [2.45, 2.75) is 57.2 Å². The minimum Gasteiger partial charge on any atom is -0.311 e. The van der Waals surface area contributed by atoms with Crippen LogP contribution < -0.4 is 10.6 Å². The van der Waals surface area contributed by atoms with E-state index in [1.165, 1.54) is 37.0 Å². The van der Waals surface area contributed by atoms with Gasteiger partial charge in [-0.05, 0) is 38.6 Å². The van der Waals surface area contributed by atoms with E-state index in [2.05, 4.69) is 27.4 Å². The van der Waals surface area contributed by atoms with E-state index in [9.17, 15) is 4.79 Å². The van der Waals surface area contributed by atoms with Crippen LogP contribution in [0.5, 0.6) is 0 Å². The van der Waals surface area contributed by atoms with Crippen LogP contribution in [-0.2, 0) is 4.79 Å². The van der Waals surface area contributed by atoms with Crippen LogP contribution in [0.4, 0.5) is 5.13 Å². The molecule has 2 bridgehead atoms. The highest BCUT2D eigenvalue weighted by Gasteiger charge is 2.36. The Kier molecular flexibility index (Phi) is 4.87. The number of carbonyl (C=O) groups excluding carboxylic acids is 1. The average Bonchev–Trinajstić information content (AvgIpc) is 3.08. The van der Waals surface area contributed by atoms with E-state index in [1.54, 1.807) is 6.20 Å². The van der Waals surface area contributed by atoms with Gasteiger partial charge in [0.25, 0.3) is 0 Å². The number of carbonyl (C=O) groups is 1. The van der Waals surface area contributed by atoms with Crippen LogP contribution in [0.1, 0.15) is 39.0 Å². The van der Waals surface area contributed by atoms with Crippen LogP contribution in [-0.4, -0.2) is 47.0 Å². The van der Waals surface area contributed by atoms with E-state index in [4.69, 9.17) is 0 Å². The van der Waals surface area contributed by atoms with Gasteiger partial charge in [-0.1, -0.05) is 6.92 Å². The Morgan fingerprint density at radius 2 is 2.24 bits per heavy atom. The third-order valence-electron chi connectivity index (χ3n) is 4.50. The van der Waals surface area contributed by atoms with Gasteiger partial charge < -0.3 is 10.6 Å². The molecule has 2 aliphatic heterocycles. The molecular weight excluding hydrogens is 284 g/mol. The van der Waals surface area contributed by atoms with Crippen LogP contribution in [0, 0.1) is 0 Å². The molecule has 2 saturated heterocycles. The number of amides is 1. The molecule has 1 amide bonds. The number of aromatic nitrogens is 1. The zero-order chi connectivity index (χ0) is 14.7. The first kappa shape index (κ1) is 14.9. The highest BCUT2D eigenvalue weighted by Crippen LogP contribution is 2.29. The standard InChI is InChI=1S/C15H24N4OS/c1-2-6-19(10-14(20)18-15-16-5-7-21-15)13-8-11-3-4-12(9-13)17-11/h5,7,11-13,17H,2-4,6,8-10H2,1H3,(H,16,18,20). The molecule has 0 spiro atoms. The zero-order valence-corrected chi connectivity index (χ0v) is 13.4. The Labute approximate surface area is 130 Å². The number of hydrogen-bond donors (Lipinski definition) is 2. The third kappa shape index (κ3) is 3.81. The predicted octanol–water partition coefficient (Wildman–Crippen LogP) is 2.08. The first-order valence-corrected chi connectivity index (χ1v) is 8.82. The van der Waals surface area contributed by atoms with Gasteiger partial charge in [0.05, 0.1) is 6.54 Å². The van der Waals surface area contributed by atoms with E-state index in [0.29, 0.717) is 29.8 Å². The fraction of sp³-hybridized carbons (Fsp3) is 0.733. The van der Waals surface area contributed by atoms with Gasteiger partial charge in [0.2, 0.25) is 5.91 Å². The molecule has 1 aromatic rings. The summed E-state index contributed by atoms with van der Waals surface area (Å²) in [6.45, 7) is 3.66. The SMILES string of the molecule is CCCN(CC(=O)Nc1nccs1)C1CC2CCC(C1)N2. The maximum atomic E-state index is 12.2. The summed E-state index contributed by atoms with van der Waals surface area (Å²) >= 11 is 1.47. The maximum absolute atomic E-state index is 12.2. The third-order valence-corrected chi connectivity index (χ3v) is 5.19. The summed E-state index contributed by atoms with van der Waals surface area (Å²) < 4.78 is 0. The van der Waals surface area contributed by atoms with Crippen molar-refractivity contribution in [1.29, 1.82) is 0 Å². The van der Waals surface area contributed by atoms with Gasteiger partial charge in [-0.2, -0.15) is 0 Å². The summed E-state index contributed by atoms with van der Waals surface area (Å²) in [5.74, 6) is 0.0595. The summed E-state index contributed by atoms with van der Waals surface area (Å²) in [6.07, 6.45) is 7.76. The second kappa shape index (κ2) is 6.85. The Morgan fingerprint density at radius 3 is 2.86 bits per heavy atom. The van der Waals surface area contributed by atoms with Gasteiger partial charge in [-0.25, -0.2) is 4.98 Å². The first-order chi connectivity index (χ1) is 10.2. The molecule has 2 aliphatic rings. The smallest absolute Gasteiger partial charge is 0.240 e. The lowest BCUT2D eigenvalue weighted by Crippen LogP contribution is -2.50. The monoisotopic (exact) mass is 308 g/mol. The van der Waals surface area contributed by atoms with Crippen LogP contribution >= 0.6 is 11.3 Å². The van der Waals surface area contributed by atoms with Crippen molar-refractivity contribution in [1.82, 2.24) is 15.2 Å². The van der Waals surface area contributed by atoms with Crippen LogP contribution in [0.2, 0.25) is 0 Å². The topological polar surface area (TPSA) is 57.3 Å². The van der Waals surface area contributed by atoms with Crippen LogP contribution in [0.25, 0.3) is 0 Å². The van der Waals surface area contributed by atoms with Crippen LogP contribution in [0.15, 0.2) is 11.6 Å². The zero-order valence-electron chi connectivity index (χ0n) is 12.5. The molecule has 116 valence electrons. The first-order valence-electron chi connectivity index (χ1n) is 7.94. The minimum absolute atomic E-state index is 0.0595. The predicted molar refractivity (Wildman–Crippen MR) is 85.6 cm³/mol. The Bertz CT molecular complexity index is 452. The lowest BCUT2D eigenvalue weighted by molar-refractivity contribution is -0.118. The highest BCUT2D eigenvalue weighted by molar-refractivity contribution is 7.13. The van der Waals surface area contributed by atoms with Crippen molar-refractivity contribution in [3.05, 3.63) is 11.6 Å². The van der Waals surface area contributed by atoms with Gasteiger partial charge in [0.1, 0.15) is 0 Å². The van der Waals surface area contributed by atoms with Gasteiger partial charge in [-0.3, -0.25) is 9.69 Å². The summed E-state index contributed by atoms with van der Waals surface area (Å²) in [7, 11) is 0. The van der Waals surface area contributed by atoms with E-state index in [1.807, 2.05) is 5.38 Å². The normalized spacial score (nSPS) is 28.0. The average molecular weight is 308 g/mol. The molecular formula is C15H24N4OS. The fourth-order valence-corrected chi connectivity index (χ4v) is 4.18. The summed E-state index contributed by atoms with van der Waals surface area (Å²) in [5.41, 5.74) is 0. The summed E-state index contributed by atoms with van der Waals surface area (Å²) in [6, 6.07) is 1.87. The number of rotatable bonds is 6. The number of thiazole rings is 1. The molecule has 3 rings (SSSR count). The Morgan fingerprint density at radius 1 is 1.48 bits per heavy atom. The Hall–Kier alpha value is -0.980. The number of anilines is 1. The summed E-state index contributed by atoms with van der Waals surface area (Å²) in [4.78, 5) is 18.7. The minimum atomic E-state index is 0.0595. The molecule has 3 heterocycles. The lowest BCUT2D eigenvalue weighted by Gasteiger charge is -2.37. The summed E-state index contributed by atoms with van der Waals surface area (Å²) in [5, 5.41) is 9.15. The van der Waals surface area contributed by atoms with Crippen molar-refractivity contribution < 1.29 is 4.79 Å². The number of nitrogens with one attached hydrogen (secondary N) is 2. The van der Waals surface area contributed by atoms with Gasteiger partial charge in [0.15, 0.2) is 5.13 Å². The Balaban J connectivity index is 1.57. The highest BCUT2D eigenvalue weighted by atomic mass is 32.1. The number of piperidine rings is 1. The van der Waals surface area contributed by atoms with Gasteiger partial charge in [-0.15, -0.1) is 11.3 Å². The molecule has 0 radical (unpaired) electrons. The van der Waals surface area contributed by atoms with Crippen molar-refractivity contribution in [3.8, 4) is 0 Å². The van der Waals surface area contributed by atoms with Gasteiger partial charge >= 0.3 is 0 Å². The fourth-order valence-electron chi connectivity index (χ4n) is 3.63. The molecule has 1 aromatic heterocycles. The van der Waals surface area contributed by atoms with Crippen molar-refractivity contribution in [2.75, 3.05) is 18.4 Å². The molecule has 5 nitrogen and oxygen atoms in total. The molecule has 0 aliphatic carbocycles. The maximum Gasteiger partial charge on any atom is 0.240 e. The largest absolute Gasteiger partial charge is 0.311 e. The number of hydrogen-bond acceptors (Lipinski definition) is 5. The molecule has 6 heteroatoms. The van der Waals surface area contributed by atoms with E-state index in [-0.39, 0.29) is 5.91 Å². The second-order valence-electron chi connectivity index (χ2n) is 6.12. The van der Waals surface area contributed by atoms with Gasteiger partial charge in [0, 0.05) is 29.7 Å². The molecule has 0 aromatic carbocycles. The number of nitrogens with zero attached hydrogens (tertiary/aromatic N) is 2. The molecule has 2 unspecified atom stereocenters. The van der Waals surface area contributed by atoms with Crippen molar-refractivity contribution in [3.63, 3.8) is 0 Å². The second-order valence-corrected chi connectivity index (χ2v) is 7.01. The lowest BCUT2D eigenvalue weighted by atomic mass is 9.98. The van der Waals surface area contributed by atoms with Crippen LogP contribution in [0.3, 0.4) is 0 Å². The quantitative estimate of drug-likeness (QED) is 0.845. The molecule has 21 heavy (non-hydrogen) atoms. The number of fused-ring (bicyclic) bond motifs is 2. The van der Waals surface area contributed by atoms with E-state index < -0.39 is 0 Å². The van der Waals surface area contributed by atoms with E-state index in [0.717, 1.165) is 13.0 Å². The molecule has 0 saturated carbocycles. The molecule has 2 fully saturated rings. The van der Waals surface area contributed by atoms with Crippen molar-refractivity contribution in [2.24, 2.45) is 0 Å². The molecule has 2 N–H and O–H groups in total. The van der Waals surface area contributed by atoms with Crippen molar-refractivity contribution >= 4 is 22.4 Å². The van der Waals surface area contributed by atoms with E-state index >= 15 is 0 Å². The molecule has 2 atom stereocenters.